The highest BCUT2D eigenvalue weighted by atomic mass is 16.5. The van der Waals surface area contributed by atoms with Gasteiger partial charge in [-0.25, -0.2) is 0 Å². The van der Waals surface area contributed by atoms with Crippen LogP contribution in [0.4, 0.5) is 0 Å². The highest BCUT2D eigenvalue weighted by molar-refractivity contribution is 5.51. The number of nitrogens with two attached hydrogens (primary N) is 1. The smallest absolute Gasteiger partial charge is 0.115 e. The largest absolute Gasteiger partial charge is 0.508 e. The fourth-order valence-corrected chi connectivity index (χ4v) is 13.5. The molecule has 2 heterocycles. The lowest BCUT2D eigenvalue weighted by molar-refractivity contribution is -0.383. The summed E-state index contributed by atoms with van der Waals surface area (Å²) in [5.74, 6) is 9.56. The van der Waals surface area contributed by atoms with Crippen molar-refractivity contribution < 1.29 is 14.9 Å². The second-order valence-corrected chi connectivity index (χ2v) is 16.3. The minimum absolute atomic E-state index is 0.0481. The fraction of sp³-hybridized carbons (Fsp3) is 0.730. The summed E-state index contributed by atoms with van der Waals surface area (Å²) in [5.41, 5.74) is 9.95. The Morgan fingerprint density at radius 1 is 1.00 bits per heavy atom. The standard InChI is InChI=1S/C37H47NO3/c1-33-12-4-15-35-16-11-25(21-39)37(38,32(33)35)31-10-6-23-5-8-28(29-9-7-27(40)18-30(23)29)24-17-26(36(31,22-35)41-33)20-34(19-24)13-2-3-14-34/h5,7-9,18,23-26,28,31-32,39-40H,2-4,11-17,19-22,38H2,1H3. The van der Waals surface area contributed by atoms with Gasteiger partial charge in [-0.2, -0.15) is 0 Å². The molecule has 9 bridgehead atoms. The molecule has 7 aliphatic carbocycles. The van der Waals surface area contributed by atoms with E-state index in [0.29, 0.717) is 28.9 Å². The third-order valence-electron chi connectivity index (χ3n) is 14.5. The molecule has 4 nitrogen and oxygen atoms in total. The molecule has 0 radical (unpaired) electrons. The molecule has 0 amide bonds. The molecule has 2 spiro atoms. The van der Waals surface area contributed by atoms with Gasteiger partial charge in [0, 0.05) is 29.9 Å². The Balaban J connectivity index is 1.31. The summed E-state index contributed by atoms with van der Waals surface area (Å²) in [4.78, 5) is 0. The van der Waals surface area contributed by atoms with Gasteiger partial charge in [0.05, 0.1) is 23.0 Å². The SMILES string of the molecule is CC12CCCC34CCC(CO)C(N)(C31)C1C#CC3C=CC(c5ccc(O)cc53)C3CC(CC5(CCCC5)C3)C1(C4)O2. The number of aliphatic hydroxyl groups excluding tert-OH is 1. The lowest BCUT2D eigenvalue weighted by atomic mass is 9.33. The number of aromatic hydroxyl groups is 1. The minimum atomic E-state index is -0.543. The van der Waals surface area contributed by atoms with Gasteiger partial charge < -0.3 is 20.7 Å². The Bertz CT molecular complexity index is 1380. The van der Waals surface area contributed by atoms with Gasteiger partial charge in [-0.15, -0.1) is 0 Å². The van der Waals surface area contributed by atoms with Crippen molar-refractivity contribution >= 4 is 0 Å². The van der Waals surface area contributed by atoms with Crippen LogP contribution in [0.15, 0.2) is 30.4 Å². The number of allylic oxidation sites excluding steroid dienone is 2. The van der Waals surface area contributed by atoms with E-state index in [1.807, 2.05) is 12.1 Å². The van der Waals surface area contributed by atoms with Crippen LogP contribution >= 0.6 is 0 Å². The quantitative estimate of drug-likeness (QED) is 0.272. The molecule has 0 aromatic heterocycles. The van der Waals surface area contributed by atoms with Crippen molar-refractivity contribution in [3.05, 3.63) is 41.5 Å². The van der Waals surface area contributed by atoms with Gasteiger partial charge in [0.15, 0.2) is 0 Å². The fourth-order valence-electron chi connectivity index (χ4n) is 13.5. The normalized spacial score (nSPS) is 51.3. The molecule has 9 aliphatic rings. The van der Waals surface area contributed by atoms with Crippen molar-refractivity contribution in [3.63, 3.8) is 0 Å². The van der Waals surface area contributed by atoms with Crippen molar-refractivity contribution in [1.29, 1.82) is 0 Å². The Hall–Kier alpha value is -1.80. The Morgan fingerprint density at radius 2 is 1.85 bits per heavy atom. The van der Waals surface area contributed by atoms with Gasteiger partial charge in [0.25, 0.3) is 0 Å². The van der Waals surface area contributed by atoms with E-state index in [0.717, 1.165) is 25.7 Å². The van der Waals surface area contributed by atoms with E-state index < -0.39 is 5.54 Å². The summed E-state index contributed by atoms with van der Waals surface area (Å²) in [6.07, 6.45) is 20.8. The maximum Gasteiger partial charge on any atom is 0.115 e. The number of fused-ring (bicyclic) bond motifs is 8. The first-order valence-electron chi connectivity index (χ1n) is 16.9. The number of hydrogen-bond acceptors (Lipinski definition) is 4. The van der Waals surface area contributed by atoms with Crippen molar-refractivity contribution in [3.8, 4) is 17.6 Å². The highest BCUT2D eigenvalue weighted by Gasteiger charge is 2.80. The number of phenolic OH excluding ortho intramolecular Hbond substituents is 1. The van der Waals surface area contributed by atoms with Crippen LogP contribution in [-0.2, 0) is 4.74 Å². The zero-order valence-electron chi connectivity index (χ0n) is 24.7. The molecular formula is C37H47NO3. The molecule has 2 aliphatic heterocycles. The summed E-state index contributed by atoms with van der Waals surface area (Å²) in [5, 5.41) is 21.5. The van der Waals surface area contributed by atoms with Crippen molar-refractivity contribution in [2.45, 2.75) is 119 Å². The summed E-state index contributed by atoms with van der Waals surface area (Å²) in [6.45, 7) is 2.55. The lowest BCUT2D eigenvalue weighted by Gasteiger charge is -2.79. The predicted octanol–water partition coefficient (Wildman–Crippen LogP) is 6.56. The maximum absolute atomic E-state index is 10.9. The van der Waals surface area contributed by atoms with Crippen LogP contribution in [0.5, 0.6) is 5.75 Å². The third kappa shape index (κ3) is 3.14. The van der Waals surface area contributed by atoms with Crippen LogP contribution in [-0.4, -0.2) is 33.6 Å². The number of aliphatic hydroxyl groups is 1. The molecule has 218 valence electrons. The van der Waals surface area contributed by atoms with Gasteiger partial charge in [-0.3, -0.25) is 0 Å². The maximum atomic E-state index is 10.9. The summed E-state index contributed by atoms with van der Waals surface area (Å²) in [7, 11) is 0. The van der Waals surface area contributed by atoms with E-state index >= 15 is 0 Å². The molecule has 10 rings (SSSR count). The van der Waals surface area contributed by atoms with Crippen LogP contribution in [0, 0.1) is 52.3 Å². The molecule has 4 heteroatoms. The van der Waals surface area contributed by atoms with Crippen molar-refractivity contribution in [2.75, 3.05) is 6.61 Å². The molecule has 5 saturated carbocycles. The molecule has 1 aromatic carbocycles. The average molecular weight is 554 g/mol. The summed E-state index contributed by atoms with van der Waals surface area (Å²) in [6, 6.07) is 6.05. The average Bonchev–Trinajstić information content (AvgIpc) is 3.37. The Labute approximate surface area is 245 Å². The van der Waals surface area contributed by atoms with Gasteiger partial charge in [-0.1, -0.05) is 49.3 Å². The number of hydrogen-bond donors (Lipinski definition) is 3. The molecule has 11 atom stereocenters. The van der Waals surface area contributed by atoms with Gasteiger partial charge in [0.1, 0.15) is 5.75 Å². The molecule has 11 unspecified atom stereocenters. The predicted molar refractivity (Wildman–Crippen MR) is 159 cm³/mol. The molecular weight excluding hydrogens is 506 g/mol. The molecule has 7 fully saturated rings. The van der Waals surface area contributed by atoms with Crippen LogP contribution in [0.25, 0.3) is 0 Å². The monoisotopic (exact) mass is 553 g/mol. The summed E-state index contributed by atoms with van der Waals surface area (Å²) < 4.78 is 7.75. The first kappa shape index (κ1) is 25.7. The van der Waals surface area contributed by atoms with Gasteiger partial charge >= 0.3 is 0 Å². The van der Waals surface area contributed by atoms with E-state index in [4.69, 9.17) is 10.5 Å². The lowest BCUT2D eigenvalue weighted by Crippen LogP contribution is -2.86. The topological polar surface area (TPSA) is 75.7 Å². The van der Waals surface area contributed by atoms with E-state index in [-0.39, 0.29) is 46.9 Å². The van der Waals surface area contributed by atoms with Crippen LogP contribution < -0.4 is 5.73 Å². The third-order valence-corrected chi connectivity index (χ3v) is 14.5. The van der Waals surface area contributed by atoms with Gasteiger partial charge in [-0.05, 0) is 117 Å². The Morgan fingerprint density at radius 3 is 2.68 bits per heavy atom. The second kappa shape index (κ2) is 8.22. The van der Waals surface area contributed by atoms with E-state index in [1.54, 1.807) is 0 Å². The minimum Gasteiger partial charge on any atom is -0.508 e. The highest BCUT2D eigenvalue weighted by Crippen LogP contribution is 2.76. The number of ether oxygens (including phenoxy) is 1. The van der Waals surface area contributed by atoms with E-state index in [2.05, 4.69) is 37.0 Å². The zero-order valence-corrected chi connectivity index (χ0v) is 24.7. The van der Waals surface area contributed by atoms with Crippen LogP contribution in [0.1, 0.15) is 113 Å². The van der Waals surface area contributed by atoms with Gasteiger partial charge in [0.2, 0.25) is 0 Å². The second-order valence-electron chi connectivity index (χ2n) is 16.3. The first-order valence-corrected chi connectivity index (χ1v) is 16.9. The molecule has 41 heavy (non-hydrogen) atoms. The molecule has 2 saturated heterocycles. The van der Waals surface area contributed by atoms with Crippen LogP contribution in [0.2, 0.25) is 0 Å². The van der Waals surface area contributed by atoms with Crippen molar-refractivity contribution in [1.82, 2.24) is 0 Å². The first-order chi connectivity index (χ1) is 19.7. The molecule has 4 N–H and O–H groups in total. The number of benzene rings is 1. The number of phenols is 1. The summed E-state index contributed by atoms with van der Waals surface area (Å²) >= 11 is 0. The number of rotatable bonds is 1. The van der Waals surface area contributed by atoms with E-state index in [9.17, 15) is 10.2 Å². The molecule has 1 aromatic rings. The zero-order chi connectivity index (χ0) is 27.8. The van der Waals surface area contributed by atoms with Crippen molar-refractivity contribution in [2.24, 2.45) is 46.2 Å². The van der Waals surface area contributed by atoms with Crippen LogP contribution in [0.3, 0.4) is 0 Å². The van der Waals surface area contributed by atoms with E-state index in [1.165, 1.54) is 68.9 Å². The Kier molecular flexibility index (Phi) is 5.15.